The number of nitrogen functional groups attached to an aromatic ring is 1. The number of thioether (sulfide) groups is 1. The van der Waals surface area contributed by atoms with Crippen LogP contribution in [0.2, 0.25) is 0 Å². The van der Waals surface area contributed by atoms with Gasteiger partial charge in [0, 0.05) is 17.4 Å². The normalized spacial score (nSPS) is 10.3. The second kappa shape index (κ2) is 6.33. The van der Waals surface area contributed by atoms with E-state index in [4.69, 9.17) is 15.2 Å². The highest BCUT2D eigenvalue weighted by Crippen LogP contribution is 2.29. The quantitative estimate of drug-likeness (QED) is 0.643. The second-order valence-corrected chi connectivity index (χ2v) is 4.91. The lowest BCUT2D eigenvalue weighted by atomic mass is 10.2. The molecule has 0 fully saturated rings. The summed E-state index contributed by atoms with van der Waals surface area (Å²) in [5.74, 6) is 2.28. The first-order valence-corrected chi connectivity index (χ1v) is 6.81. The van der Waals surface area contributed by atoms with E-state index < -0.39 is 0 Å². The van der Waals surface area contributed by atoms with Gasteiger partial charge in [0.05, 0.1) is 14.2 Å². The SMILES string of the molecule is COc1ccc(OC)c(CSc2nc(N)cc(=O)[nH]2)c1. The molecule has 106 valence electrons. The van der Waals surface area contributed by atoms with E-state index >= 15 is 0 Å². The zero-order valence-corrected chi connectivity index (χ0v) is 12.0. The van der Waals surface area contributed by atoms with Crippen LogP contribution in [0.25, 0.3) is 0 Å². The number of anilines is 1. The number of rotatable bonds is 5. The van der Waals surface area contributed by atoms with Crippen molar-refractivity contribution in [1.29, 1.82) is 0 Å². The third-order valence-electron chi connectivity index (χ3n) is 2.59. The summed E-state index contributed by atoms with van der Waals surface area (Å²) in [6.45, 7) is 0. The number of nitrogens with two attached hydrogens (primary N) is 1. The maximum absolute atomic E-state index is 11.3. The number of hydrogen-bond acceptors (Lipinski definition) is 6. The molecule has 7 heteroatoms. The van der Waals surface area contributed by atoms with E-state index in [1.54, 1.807) is 14.2 Å². The van der Waals surface area contributed by atoms with Crippen molar-refractivity contribution in [3.05, 3.63) is 40.2 Å². The number of nitrogens with zero attached hydrogens (tertiary/aromatic N) is 1. The van der Waals surface area contributed by atoms with Gasteiger partial charge in [-0.25, -0.2) is 4.98 Å². The summed E-state index contributed by atoms with van der Waals surface area (Å²) in [6, 6.07) is 6.80. The van der Waals surface area contributed by atoms with Gasteiger partial charge in [-0.15, -0.1) is 0 Å². The predicted octanol–water partition coefficient (Wildman–Crippen LogP) is 1.66. The summed E-state index contributed by atoms with van der Waals surface area (Å²) in [6.07, 6.45) is 0. The molecule has 0 radical (unpaired) electrons. The average Bonchev–Trinajstić information content (AvgIpc) is 2.43. The lowest BCUT2D eigenvalue weighted by Gasteiger charge is -2.10. The smallest absolute Gasteiger partial charge is 0.253 e. The molecule has 3 N–H and O–H groups in total. The molecule has 1 aromatic heterocycles. The highest BCUT2D eigenvalue weighted by atomic mass is 32.2. The number of H-pyrrole nitrogens is 1. The Balaban J connectivity index is 2.19. The molecule has 0 bridgehead atoms. The molecule has 0 saturated carbocycles. The molecule has 0 aliphatic heterocycles. The van der Waals surface area contributed by atoms with Crippen molar-refractivity contribution in [2.45, 2.75) is 10.9 Å². The minimum Gasteiger partial charge on any atom is -0.497 e. The van der Waals surface area contributed by atoms with Crippen LogP contribution in [0, 0.1) is 0 Å². The Morgan fingerprint density at radius 3 is 2.75 bits per heavy atom. The summed E-state index contributed by atoms with van der Waals surface area (Å²) < 4.78 is 10.5. The van der Waals surface area contributed by atoms with E-state index in [1.807, 2.05) is 18.2 Å². The molecule has 0 amide bonds. The van der Waals surface area contributed by atoms with Gasteiger partial charge in [0.2, 0.25) is 0 Å². The van der Waals surface area contributed by atoms with Gasteiger partial charge in [0.1, 0.15) is 17.3 Å². The topological polar surface area (TPSA) is 90.2 Å². The molecule has 2 aromatic rings. The molecular weight excluding hydrogens is 278 g/mol. The van der Waals surface area contributed by atoms with Gasteiger partial charge < -0.3 is 20.2 Å². The molecule has 0 saturated heterocycles. The highest BCUT2D eigenvalue weighted by Gasteiger charge is 2.07. The summed E-state index contributed by atoms with van der Waals surface area (Å²) in [5, 5.41) is 0.472. The van der Waals surface area contributed by atoms with Gasteiger partial charge in [-0.1, -0.05) is 11.8 Å². The summed E-state index contributed by atoms with van der Waals surface area (Å²) in [4.78, 5) is 18.0. The first-order chi connectivity index (χ1) is 9.62. The third kappa shape index (κ3) is 3.45. The van der Waals surface area contributed by atoms with Crippen LogP contribution >= 0.6 is 11.8 Å². The van der Waals surface area contributed by atoms with Crippen LogP contribution in [-0.4, -0.2) is 24.2 Å². The monoisotopic (exact) mass is 293 g/mol. The summed E-state index contributed by atoms with van der Waals surface area (Å²) >= 11 is 1.37. The van der Waals surface area contributed by atoms with Gasteiger partial charge in [0.25, 0.3) is 5.56 Å². The summed E-state index contributed by atoms with van der Waals surface area (Å²) in [7, 11) is 3.21. The molecule has 1 heterocycles. The van der Waals surface area contributed by atoms with Crippen molar-refractivity contribution in [2.24, 2.45) is 0 Å². The van der Waals surface area contributed by atoms with Crippen molar-refractivity contribution in [1.82, 2.24) is 9.97 Å². The van der Waals surface area contributed by atoms with Crippen molar-refractivity contribution < 1.29 is 9.47 Å². The predicted molar refractivity (Wildman–Crippen MR) is 78.4 cm³/mol. The lowest BCUT2D eigenvalue weighted by Crippen LogP contribution is -2.09. The molecule has 0 spiro atoms. The number of aromatic amines is 1. The lowest BCUT2D eigenvalue weighted by molar-refractivity contribution is 0.400. The van der Waals surface area contributed by atoms with Gasteiger partial charge in [0.15, 0.2) is 5.16 Å². The van der Waals surface area contributed by atoms with Crippen molar-refractivity contribution in [2.75, 3.05) is 20.0 Å². The van der Waals surface area contributed by atoms with E-state index in [-0.39, 0.29) is 11.4 Å². The van der Waals surface area contributed by atoms with Crippen LogP contribution in [0.3, 0.4) is 0 Å². The van der Waals surface area contributed by atoms with E-state index in [1.165, 1.54) is 17.8 Å². The molecule has 20 heavy (non-hydrogen) atoms. The average molecular weight is 293 g/mol. The minimum atomic E-state index is -0.266. The van der Waals surface area contributed by atoms with Crippen LogP contribution in [-0.2, 0) is 5.75 Å². The number of methoxy groups -OCH3 is 2. The Morgan fingerprint density at radius 2 is 2.10 bits per heavy atom. The van der Waals surface area contributed by atoms with Crippen molar-refractivity contribution >= 4 is 17.6 Å². The highest BCUT2D eigenvalue weighted by molar-refractivity contribution is 7.98. The van der Waals surface area contributed by atoms with E-state index in [0.717, 1.165) is 17.1 Å². The van der Waals surface area contributed by atoms with Crippen molar-refractivity contribution in [3.63, 3.8) is 0 Å². The van der Waals surface area contributed by atoms with E-state index in [2.05, 4.69) is 9.97 Å². The number of aromatic nitrogens is 2. The molecule has 6 nitrogen and oxygen atoms in total. The first-order valence-electron chi connectivity index (χ1n) is 5.83. The first kappa shape index (κ1) is 14.3. The largest absolute Gasteiger partial charge is 0.497 e. The molecule has 0 unspecified atom stereocenters. The Morgan fingerprint density at radius 1 is 1.30 bits per heavy atom. The number of hydrogen-bond donors (Lipinski definition) is 2. The van der Waals surface area contributed by atoms with Gasteiger partial charge in [-0.3, -0.25) is 4.79 Å². The Hall–Kier alpha value is -2.15. The fourth-order valence-electron chi connectivity index (χ4n) is 1.66. The zero-order valence-electron chi connectivity index (χ0n) is 11.2. The molecule has 1 aromatic carbocycles. The Labute approximate surface area is 120 Å². The summed E-state index contributed by atoms with van der Waals surface area (Å²) in [5.41, 5.74) is 6.22. The van der Waals surface area contributed by atoms with Crippen LogP contribution in [0.15, 0.2) is 34.2 Å². The number of benzene rings is 1. The van der Waals surface area contributed by atoms with Crippen LogP contribution in [0.1, 0.15) is 5.56 Å². The molecule has 0 atom stereocenters. The standard InChI is InChI=1S/C13H15N3O3S/c1-18-9-3-4-10(19-2)8(5-9)7-20-13-15-11(14)6-12(17)16-13/h3-6H,7H2,1-2H3,(H3,14,15,16,17). The third-order valence-corrected chi connectivity index (χ3v) is 3.51. The number of nitrogens with one attached hydrogen (secondary N) is 1. The molecule has 2 rings (SSSR count). The fourth-order valence-corrected chi connectivity index (χ4v) is 2.52. The maximum Gasteiger partial charge on any atom is 0.253 e. The second-order valence-electron chi connectivity index (χ2n) is 3.94. The molecular formula is C13H15N3O3S. The van der Waals surface area contributed by atoms with Gasteiger partial charge in [-0.05, 0) is 18.2 Å². The zero-order chi connectivity index (χ0) is 14.5. The minimum absolute atomic E-state index is 0.203. The Bertz CT molecular complexity index is 658. The van der Waals surface area contributed by atoms with Crippen LogP contribution < -0.4 is 20.8 Å². The van der Waals surface area contributed by atoms with Gasteiger partial charge >= 0.3 is 0 Å². The maximum atomic E-state index is 11.3. The van der Waals surface area contributed by atoms with Crippen LogP contribution in [0.4, 0.5) is 5.82 Å². The van der Waals surface area contributed by atoms with E-state index in [0.29, 0.717) is 10.9 Å². The van der Waals surface area contributed by atoms with Crippen molar-refractivity contribution in [3.8, 4) is 11.5 Å². The molecule has 0 aliphatic rings. The Kier molecular flexibility index (Phi) is 4.52. The van der Waals surface area contributed by atoms with E-state index in [9.17, 15) is 4.79 Å². The molecule has 0 aliphatic carbocycles. The number of ether oxygens (including phenoxy) is 2. The van der Waals surface area contributed by atoms with Gasteiger partial charge in [-0.2, -0.15) is 0 Å². The fraction of sp³-hybridized carbons (Fsp3) is 0.231. The van der Waals surface area contributed by atoms with Crippen LogP contribution in [0.5, 0.6) is 11.5 Å².